The third-order valence-corrected chi connectivity index (χ3v) is 3.13. The predicted octanol–water partition coefficient (Wildman–Crippen LogP) is 0.632. The molecule has 2 aliphatic rings. The third kappa shape index (κ3) is 0.722. The van der Waals surface area contributed by atoms with Crippen molar-refractivity contribution in [3.05, 3.63) is 0 Å². The molecule has 0 atom stereocenters. The summed E-state index contributed by atoms with van der Waals surface area (Å²) in [4.78, 5) is 0. The van der Waals surface area contributed by atoms with Crippen LogP contribution in [0.15, 0.2) is 0 Å². The molecule has 0 aliphatic carbocycles. The van der Waals surface area contributed by atoms with E-state index in [0.29, 0.717) is 5.41 Å². The van der Waals surface area contributed by atoms with Gasteiger partial charge in [-0.1, -0.05) is 6.92 Å². The molecule has 58 valence electrons. The van der Waals surface area contributed by atoms with Crippen LogP contribution in [-0.4, -0.2) is 26.3 Å². The summed E-state index contributed by atoms with van der Waals surface area (Å²) in [7, 11) is 0. The zero-order valence-electron chi connectivity index (χ0n) is 6.52. The lowest BCUT2D eigenvalue weighted by Crippen LogP contribution is -2.59. The van der Waals surface area contributed by atoms with E-state index in [9.17, 15) is 0 Å². The molecule has 0 unspecified atom stereocenters. The summed E-state index contributed by atoms with van der Waals surface area (Å²) < 4.78 is 5.26. The van der Waals surface area contributed by atoms with Gasteiger partial charge in [0.15, 0.2) is 0 Å². The number of rotatable bonds is 2. The zero-order chi connectivity index (χ0) is 7.03. The van der Waals surface area contributed by atoms with Gasteiger partial charge in [-0.15, -0.1) is 0 Å². The van der Waals surface area contributed by atoms with Crippen molar-refractivity contribution >= 4 is 0 Å². The number of ether oxygens (including phenoxy) is 1. The van der Waals surface area contributed by atoms with Crippen LogP contribution in [0, 0.1) is 11.3 Å². The fourth-order valence-corrected chi connectivity index (χ4v) is 1.81. The van der Waals surface area contributed by atoms with Crippen LogP contribution < -0.4 is 5.32 Å². The highest BCUT2D eigenvalue weighted by Crippen LogP contribution is 2.40. The van der Waals surface area contributed by atoms with Crippen LogP contribution >= 0.6 is 0 Å². The lowest BCUT2D eigenvalue weighted by Gasteiger charge is -2.50. The van der Waals surface area contributed by atoms with E-state index >= 15 is 0 Å². The highest BCUT2D eigenvalue weighted by atomic mass is 16.5. The van der Waals surface area contributed by atoms with Crippen LogP contribution in [-0.2, 0) is 4.74 Å². The van der Waals surface area contributed by atoms with E-state index in [2.05, 4.69) is 12.2 Å². The minimum absolute atomic E-state index is 0.575. The molecule has 10 heavy (non-hydrogen) atoms. The van der Waals surface area contributed by atoms with Crippen LogP contribution in [0.5, 0.6) is 0 Å². The van der Waals surface area contributed by atoms with Crippen molar-refractivity contribution in [2.75, 3.05) is 26.3 Å². The van der Waals surface area contributed by atoms with Gasteiger partial charge in [-0.3, -0.25) is 0 Å². The highest BCUT2D eigenvalue weighted by molar-refractivity contribution is 4.96. The van der Waals surface area contributed by atoms with Gasteiger partial charge in [-0.25, -0.2) is 0 Å². The lowest BCUT2D eigenvalue weighted by molar-refractivity contribution is -0.157. The molecule has 2 nitrogen and oxygen atoms in total. The number of hydrogen-bond donors (Lipinski definition) is 1. The largest absolute Gasteiger partial charge is 0.380 e. The summed E-state index contributed by atoms with van der Waals surface area (Å²) in [6.45, 7) is 6.74. The minimum atomic E-state index is 0.575. The van der Waals surface area contributed by atoms with E-state index < -0.39 is 0 Å². The lowest BCUT2D eigenvalue weighted by atomic mass is 9.69. The highest BCUT2D eigenvalue weighted by Gasteiger charge is 2.46. The Morgan fingerprint density at radius 2 is 2.20 bits per heavy atom. The molecule has 0 aromatic carbocycles. The average Bonchev–Trinajstić information content (AvgIpc) is 1.73. The summed E-state index contributed by atoms with van der Waals surface area (Å²) in [6, 6.07) is 0. The average molecular weight is 141 g/mol. The van der Waals surface area contributed by atoms with Crippen LogP contribution in [0.3, 0.4) is 0 Å². The summed E-state index contributed by atoms with van der Waals surface area (Å²) in [5.74, 6) is 0.909. The topological polar surface area (TPSA) is 21.3 Å². The Bertz CT molecular complexity index is 122. The molecular weight excluding hydrogens is 126 g/mol. The molecule has 2 fully saturated rings. The maximum Gasteiger partial charge on any atom is 0.0548 e. The molecule has 0 saturated carbocycles. The first kappa shape index (κ1) is 6.62. The maximum atomic E-state index is 5.26. The Kier molecular flexibility index (Phi) is 1.46. The van der Waals surface area contributed by atoms with Crippen LogP contribution in [0.4, 0.5) is 0 Å². The molecule has 2 heteroatoms. The Hall–Kier alpha value is -0.0800. The van der Waals surface area contributed by atoms with Crippen LogP contribution in [0.25, 0.3) is 0 Å². The molecule has 1 N–H and O–H groups in total. The number of nitrogens with one attached hydrogen (secondary N) is 1. The monoisotopic (exact) mass is 141 g/mol. The van der Waals surface area contributed by atoms with E-state index in [-0.39, 0.29) is 0 Å². The smallest absolute Gasteiger partial charge is 0.0548 e. The van der Waals surface area contributed by atoms with Gasteiger partial charge in [0.05, 0.1) is 13.2 Å². The Balaban J connectivity index is 1.96. The summed E-state index contributed by atoms with van der Waals surface area (Å²) in [6.07, 6.45) is 1.29. The van der Waals surface area contributed by atoms with Gasteiger partial charge in [-0.05, 0) is 25.4 Å². The summed E-state index contributed by atoms with van der Waals surface area (Å²) in [5.41, 5.74) is 0.575. The second-order valence-corrected chi connectivity index (χ2v) is 3.56. The molecule has 2 aliphatic heterocycles. The van der Waals surface area contributed by atoms with E-state index in [0.717, 1.165) is 19.1 Å². The van der Waals surface area contributed by atoms with E-state index in [1.807, 2.05) is 0 Å². The van der Waals surface area contributed by atoms with Gasteiger partial charge >= 0.3 is 0 Å². The Morgan fingerprint density at radius 3 is 2.30 bits per heavy atom. The van der Waals surface area contributed by atoms with Crippen LogP contribution in [0.1, 0.15) is 13.3 Å². The van der Waals surface area contributed by atoms with Crippen molar-refractivity contribution in [1.29, 1.82) is 0 Å². The molecule has 0 amide bonds. The fourth-order valence-electron chi connectivity index (χ4n) is 1.81. The first-order valence-corrected chi connectivity index (χ1v) is 4.16. The van der Waals surface area contributed by atoms with E-state index in [1.165, 1.54) is 19.5 Å². The molecule has 0 spiro atoms. The minimum Gasteiger partial charge on any atom is -0.380 e. The second-order valence-electron chi connectivity index (χ2n) is 3.56. The van der Waals surface area contributed by atoms with E-state index in [4.69, 9.17) is 4.74 Å². The molecule has 2 rings (SSSR count). The molecule has 0 bridgehead atoms. The molecule has 0 aromatic rings. The van der Waals surface area contributed by atoms with Crippen LogP contribution in [0.2, 0.25) is 0 Å². The quantitative estimate of drug-likeness (QED) is 0.609. The van der Waals surface area contributed by atoms with Gasteiger partial charge in [0.25, 0.3) is 0 Å². The van der Waals surface area contributed by atoms with Gasteiger partial charge < -0.3 is 10.1 Å². The van der Waals surface area contributed by atoms with Crippen molar-refractivity contribution in [1.82, 2.24) is 5.32 Å². The Morgan fingerprint density at radius 1 is 1.50 bits per heavy atom. The fraction of sp³-hybridized carbons (Fsp3) is 1.00. The molecule has 0 radical (unpaired) electrons. The summed E-state index contributed by atoms with van der Waals surface area (Å²) >= 11 is 0. The predicted molar refractivity (Wildman–Crippen MR) is 39.9 cm³/mol. The van der Waals surface area contributed by atoms with Gasteiger partial charge in [0.1, 0.15) is 0 Å². The number of hydrogen-bond acceptors (Lipinski definition) is 2. The van der Waals surface area contributed by atoms with Gasteiger partial charge in [0, 0.05) is 5.41 Å². The van der Waals surface area contributed by atoms with Crippen molar-refractivity contribution in [2.24, 2.45) is 11.3 Å². The van der Waals surface area contributed by atoms with Crippen molar-refractivity contribution in [3.8, 4) is 0 Å². The van der Waals surface area contributed by atoms with Crippen molar-refractivity contribution in [3.63, 3.8) is 0 Å². The standard InChI is InChI=1S/C8H15NO/c1-2-8(5-10-6-8)7-3-9-4-7/h7,9H,2-6H2,1H3. The maximum absolute atomic E-state index is 5.26. The zero-order valence-corrected chi connectivity index (χ0v) is 6.52. The van der Waals surface area contributed by atoms with Crippen molar-refractivity contribution in [2.45, 2.75) is 13.3 Å². The third-order valence-electron chi connectivity index (χ3n) is 3.13. The first-order chi connectivity index (χ1) is 4.87. The molecule has 2 heterocycles. The molecular formula is C8H15NO. The molecule has 0 aromatic heterocycles. The van der Waals surface area contributed by atoms with Crippen molar-refractivity contribution < 1.29 is 4.74 Å². The normalized spacial score (nSPS) is 30.9. The second kappa shape index (κ2) is 2.21. The first-order valence-electron chi connectivity index (χ1n) is 4.16. The molecule has 2 saturated heterocycles. The van der Waals surface area contributed by atoms with Gasteiger partial charge in [-0.2, -0.15) is 0 Å². The van der Waals surface area contributed by atoms with Gasteiger partial charge in [0.2, 0.25) is 0 Å². The Labute approximate surface area is 61.9 Å². The summed E-state index contributed by atoms with van der Waals surface area (Å²) in [5, 5.41) is 3.31. The van der Waals surface area contributed by atoms with E-state index in [1.54, 1.807) is 0 Å². The SMILES string of the molecule is CCC1(C2CNC2)COC1.